The molecule has 0 spiro atoms. The van der Waals surface area contributed by atoms with Crippen molar-refractivity contribution in [3.63, 3.8) is 0 Å². The molecule has 1 aromatic heterocycles. The third kappa shape index (κ3) is 4.61. The maximum atomic E-state index is 11.7. The number of nitrogens with zero attached hydrogens (tertiary/aromatic N) is 3. The van der Waals surface area contributed by atoms with Crippen LogP contribution in [0.2, 0.25) is 0 Å². The first-order valence-corrected chi connectivity index (χ1v) is 9.31. The van der Waals surface area contributed by atoms with Crippen molar-refractivity contribution >= 4 is 45.5 Å². The number of nitrogens with one attached hydrogen (secondary N) is 2. The topological polar surface area (TPSA) is 105 Å². The summed E-state index contributed by atoms with van der Waals surface area (Å²) in [6.07, 6.45) is 2.71. The van der Waals surface area contributed by atoms with Crippen molar-refractivity contribution in [1.29, 1.82) is 0 Å². The summed E-state index contributed by atoms with van der Waals surface area (Å²) in [6, 6.07) is 10.7. The van der Waals surface area contributed by atoms with E-state index in [2.05, 4.69) is 36.8 Å². The number of fused-ring (bicyclic) bond motifs is 1. The third-order valence-corrected chi connectivity index (χ3v) is 4.56. The van der Waals surface area contributed by atoms with Gasteiger partial charge in [0.15, 0.2) is 0 Å². The van der Waals surface area contributed by atoms with Crippen molar-refractivity contribution < 1.29 is 14.3 Å². The first-order valence-electron chi connectivity index (χ1n) is 8.52. The van der Waals surface area contributed by atoms with Gasteiger partial charge < -0.3 is 4.74 Å². The summed E-state index contributed by atoms with van der Waals surface area (Å²) in [5.41, 5.74) is 7.97. The monoisotopic (exact) mass is 443 g/mol. The van der Waals surface area contributed by atoms with Crippen LogP contribution in [0.1, 0.15) is 24.1 Å². The number of aromatic nitrogens is 1. The van der Waals surface area contributed by atoms with Gasteiger partial charge in [-0.3, -0.25) is 30.4 Å². The van der Waals surface area contributed by atoms with E-state index in [0.717, 1.165) is 10.0 Å². The zero-order valence-electron chi connectivity index (χ0n) is 15.1. The maximum absolute atomic E-state index is 11.7. The third-order valence-electron chi connectivity index (χ3n) is 4.07. The Labute approximate surface area is 170 Å². The SMILES string of the molecule is COC(=O)CC[C@@H]1N=C(c2ccccn2)c2cc(Br)ccc2N=C1NNC=O. The first-order chi connectivity index (χ1) is 13.6. The van der Waals surface area contributed by atoms with Gasteiger partial charge in [0.25, 0.3) is 0 Å². The van der Waals surface area contributed by atoms with Crippen molar-refractivity contribution in [3.8, 4) is 0 Å². The molecule has 3 rings (SSSR count). The second-order valence-corrected chi connectivity index (χ2v) is 6.78. The molecule has 1 aliphatic heterocycles. The predicted molar refractivity (Wildman–Crippen MR) is 108 cm³/mol. The maximum Gasteiger partial charge on any atom is 0.305 e. The summed E-state index contributed by atoms with van der Waals surface area (Å²) in [5, 5.41) is 0. The molecule has 0 aliphatic carbocycles. The van der Waals surface area contributed by atoms with Crippen molar-refractivity contribution in [3.05, 3.63) is 58.3 Å². The van der Waals surface area contributed by atoms with Gasteiger partial charge in [-0.05, 0) is 36.8 Å². The number of rotatable bonds is 6. The van der Waals surface area contributed by atoms with E-state index in [-0.39, 0.29) is 12.4 Å². The molecule has 1 aromatic carbocycles. The van der Waals surface area contributed by atoms with Crippen LogP contribution in [-0.4, -0.2) is 42.1 Å². The summed E-state index contributed by atoms with van der Waals surface area (Å²) in [6.45, 7) is 0. The molecule has 0 unspecified atom stereocenters. The van der Waals surface area contributed by atoms with Gasteiger partial charge in [-0.15, -0.1) is 0 Å². The molecule has 0 saturated carbocycles. The van der Waals surface area contributed by atoms with Crippen molar-refractivity contribution in [2.24, 2.45) is 9.98 Å². The first kappa shape index (κ1) is 19.7. The Kier molecular flexibility index (Phi) is 6.49. The van der Waals surface area contributed by atoms with Gasteiger partial charge in [-0.2, -0.15) is 0 Å². The van der Waals surface area contributed by atoms with E-state index in [1.54, 1.807) is 6.20 Å². The van der Waals surface area contributed by atoms with Crippen molar-refractivity contribution in [1.82, 2.24) is 15.8 Å². The molecule has 2 heterocycles. The van der Waals surface area contributed by atoms with Crippen LogP contribution in [0.25, 0.3) is 0 Å². The highest BCUT2D eigenvalue weighted by Crippen LogP contribution is 2.29. The Morgan fingerprint density at radius 2 is 2.18 bits per heavy atom. The molecule has 28 heavy (non-hydrogen) atoms. The van der Waals surface area contributed by atoms with Crippen LogP contribution in [0, 0.1) is 0 Å². The zero-order valence-corrected chi connectivity index (χ0v) is 16.6. The number of esters is 1. The number of methoxy groups -OCH3 is 1. The minimum Gasteiger partial charge on any atom is -0.469 e. The number of ether oxygens (including phenoxy) is 1. The molecular weight excluding hydrogens is 426 g/mol. The molecule has 0 radical (unpaired) electrons. The number of hydrazine groups is 1. The second-order valence-electron chi connectivity index (χ2n) is 5.87. The van der Waals surface area contributed by atoms with Crippen molar-refractivity contribution in [2.75, 3.05) is 7.11 Å². The number of amidine groups is 1. The van der Waals surface area contributed by atoms with Crippen LogP contribution in [0.3, 0.4) is 0 Å². The summed E-state index contributed by atoms with van der Waals surface area (Å²) in [7, 11) is 1.34. The lowest BCUT2D eigenvalue weighted by atomic mass is 10.0. The molecule has 1 atom stereocenters. The highest BCUT2D eigenvalue weighted by molar-refractivity contribution is 9.10. The molecule has 0 saturated heterocycles. The summed E-state index contributed by atoms with van der Waals surface area (Å²) >= 11 is 3.49. The van der Waals surface area contributed by atoms with Gasteiger partial charge in [0.1, 0.15) is 11.9 Å². The smallest absolute Gasteiger partial charge is 0.305 e. The lowest BCUT2D eigenvalue weighted by Gasteiger charge is -2.15. The van der Waals surface area contributed by atoms with Crippen LogP contribution < -0.4 is 10.9 Å². The molecule has 144 valence electrons. The Bertz CT molecular complexity index is 930. The van der Waals surface area contributed by atoms with Crippen LogP contribution in [-0.2, 0) is 14.3 Å². The summed E-state index contributed by atoms with van der Waals surface area (Å²) < 4.78 is 5.61. The van der Waals surface area contributed by atoms with Crippen LogP contribution >= 0.6 is 15.9 Å². The highest BCUT2D eigenvalue weighted by atomic mass is 79.9. The van der Waals surface area contributed by atoms with Crippen molar-refractivity contribution in [2.45, 2.75) is 18.9 Å². The fraction of sp³-hybridized carbons (Fsp3) is 0.211. The fourth-order valence-electron chi connectivity index (χ4n) is 2.77. The Hall–Kier alpha value is -3.07. The van der Waals surface area contributed by atoms with Crippen LogP contribution in [0.4, 0.5) is 5.69 Å². The van der Waals surface area contributed by atoms with E-state index in [0.29, 0.717) is 35.8 Å². The quantitative estimate of drug-likeness (QED) is 0.404. The average molecular weight is 444 g/mol. The lowest BCUT2D eigenvalue weighted by molar-refractivity contribution is -0.140. The predicted octanol–water partition coefficient (Wildman–Crippen LogP) is 2.30. The molecule has 0 fully saturated rings. The molecule has 2 aromatic rings. The van der Waals surface area contributed by atoms with Gasteiger partial charge in [-0.25, -0.2) is 4.99 Å². The van der Waals surface area contributed by atoms with Gasteiger partial charge in [0, 0.05) is 22.7 Å². The Balaban J connectivity index is 2.11. The van der Waals surface area contributed by atoms with E-state index in [9.17, 15) is 9.59 Å². The number of amides is 1. The van der Waals surface area contributed by atoms with Gasteiger partial charge in [0.05, 0.1) is 24.2 Å². The van der Waals surface area contributed by atoms with E-state index in [1.165, 1.54) is 7.11 Å². The minimum absolute atomic E-state index is 0.155. The molecule has 1 amide bonds. The standard InChI is InChI=1S/C19H18BrN5O3/c1-28-17(27)8-7-16-19(25-22-11-26)24-14-6-5-12(20)10-13(14)18(23-16)15-4-2-3-9-21-15/h2-6,9-11,16H,7-8H2,1H3,(H,22,26)(H,24,25)/t16-/m0/s1. The number of hydrogen-bond acceptors (Lipinski definition) is 7. The van der Waals surface area contributed by atoms with E-state index in [4.69, 9.17) is 9.73 Å². The molecule has 1 aliphatic rings. The second kappa shape index (κ2) is 9.23. The largest absolute Gasteiger partial charge is 0.469 e. The molecule has 9 heteroatoms. The van der Waals surface area contributed by atoms with Gasteiger partial charge >= 0.3 is 5.97 Å². The zero-order chi connectivity index (χ0) is 19.9. The average Bonchev–Trinajstić information content (AvgIpc) is 2.87. The van der Waals surface area contributed by atoms with Gasteiger partial charge in [-0.1, -0.05) is 22.0 Å². The molecule has 2 N–H and O–H groups in total. The van der Waals surface area contributed by atoms with Crippen LogP contribution in [0.15, 0.2) is 57.1 Å². The lowest BCUT2D eigenvalue weighted by Crippen LogP contribution is -2.42. The van der Waals surface area contributed by atoms with Gasteiger partial charge in [0.2, 0.25) is 6.41 Å². The minimum atomic E-state index is -0.505. The number of halogens is 1. The molecular formula is C19H18BrN5O3. The number of pyridine rings is 1. The highest BCUT2D eigenvalue weighted by Gasteiger charge is 2.25. The number of aliphatic imine (C=N–C) groups is 2. The Morgan fingerprint density at radius 3 is 2.89 bits per heavy atom. The van der Waals surface area contributed by atoms with Crippen LogP contribution in [0.5, 0.6) is 0 Å². The Morgan fingerprint density at radius 1 is 1.32 bits per heavy atom. The number of benzene rings is 1. The fourth-order valence-corrected chi connectivity index (χ4v) is 3.13. The molecule has 8 nitrogen and oxygen atoms in total. The summed E-state index contributed by atoms with van der Waals surface area (Å²) in [4.78, 5) is 36.3. The normalized spacial score (nSPS) is 15.4. The summed E-state index contributed by atoms with van der Waals surface area (Å²) in [5.74, 6) is 0.0762. The number of carbonyl (C=O) groups is 2. The molecule has 0 bridgehead atoms. The van der Waals surface area contributed by atoms with E-state index >= 15 is 0 Å². The number of carbonyl (C=O) groups excluding carboxylic acids is 2. The number of hydrogen-bond donors (Lipinski definition) is 2. The van der Waals surface area contributed by atoms with E-state index in [1.807, 2.05) is 36.4 Å². The van der Waals surface area contributed by atoms with E-state index < -0.39 is 6.04 Å².